The van der Waals surface area contributed by atoms with Crippen LogP contribution in [0.15, 0.2) is 24.3 Å². The highest BCUT2D eigenvalue weighted by Gasteiger charge is 2.55. The zero-order valence-electron chi connectivity index (χ0n) is 40.2. The van der Waals surface area contributed by atoms with Gasteiger partial charge in [0.15, 0.2) is 6.29 Å². The van der Waals surface area contributed by atoms with Crippen LogP contribution in [0.3, 0.4) is 0 Å². The van der Waals surface area contributed by atoms with Gasteiger partial charge in [0, 0.05) is 68.9 Å². The Morgan fingerprint density at radius 1 is 1.02 bits per heavy atom. The molecule has 3 saturated heterocycles. The number of ether oxygens (including phenoxy) is 5. The van der Waals surface area contributed by atoms with Gasteiger partial charge in [-0.05, 0) is 98.9 Å². The van der Waals surface area contributed by atoms with Gasteiger partial charge in [-0.15, -0.1) is 0 Å². The molecule has 0 radical (unpaired) electrons. The predicted molar refractivity (Wildman–Crippen MR) is 237 cm³/mol. The van der Waals surface area contributed by atoms with Gasteiger partial charge in [0.25, 0.3) is 11.6 Å². The van der Waals surface area contributed by atoms with Crippen LogP contribution in [0.5, 0.6) is 0 Å². The second-order valence-corrected chi connectivity index (χ2v) is 19.8. The number of nitro groups is 1. The molecule has 3 aliphatic rings. The fourth-order valence-electron chi connectivity index (χ4n) is 10.6. The third-order valence-corrected chi connectivity index (χ3v) is 14.6. The third-order valence-electron chi connectivity index (χ3n) is 14.6. The minimum absolute atomic E-state index is 0.125. The number of rotatable bonds is 11. The molecule has 18 atom stereocenters. The second-order valence-electron chi connectivity index (χ2n) is 19.8. The van der Waals surface area contributed by atoms with Gasteiger partial charge in [0.05, 0.1) is 46.5 Å². The van der Waals surface area contributed by atoms with Crippen molar-refractivity contribution in [3.8, 4) is 0 Å². The fraction of sp³-hybridized carbons (Fsp3) is 0.826. The summed E-state index contributed by atoms with van der Waals surface area (Å²) in [7, 11) is 5.14. The molecule has 1 aromatic rings. The van der Waals surface area contributed by atoms with Crippen molar-refractivity contribution >= 4 is 17.6 Å². The highest BCUT2D eigenvalue weighted by Crippen LogP contribution is 2.45. The van der Waals surface area contributed by atoms with E-state index in [4.69, 9.17) is 23.7 Å². The number of amides is 1. The molecule has 1 unspecified atom stereocenters. The molecule has 1 amide bonds. The zero-order valence-corrected chi connectivity index (χ0v) is 40.2. The van der Waals surface area contributed by atoms with Crippen molar-refractivity contribution < 1.29 is 63.7 Å². The topological polar surface area (TPSA) is 243 Å². The highest BCUT2D eigenvalue weighted by atomic mass is 16.7. The summed E-state index contributed by atoms with van der Waals surface area (Å²) in [6, 6.07) is 4.21. The Balaban J connectivity index is 1.72. The van der Waals surface area contributed by atoms with Crippen LogP contribution >= 0.6 is 0 Å². The van der Waals surface area contributed by atoms with Crippen LogP contribution in [0, 0.1) is 33.8 Å². The fourth-order valence-corrected chi connectivity index (χ4v) is 10.6. The average molecular weight is 911 g/mol. The van der Waals surface area contributed by atoms with Gasteiger partial charge in [-0.3, -0.25) is 24.6 Å². The van der Waals surface area contributed by atoms with Crippen LogP contribution in [0.2, 0.25) is 0 Å². The molecule has 3 aliphatic heterocycles. The number of esters is 1. The molecule has 1 aromatic carbocycles. The average Bonchev–Trinajstić information content (AvgIpc) is 3.23. The Morgan fingerprint density at radius 2 is 1.64 bits per heavy atom. The first-order valence-electron chi connectivity index (χ1n) is 22.8. The van der Waals surface area contributed by atoms with Crippen molar-refractivity contribution in [1.29, 1.82) is 0 Å². The summed E-state index contributed by atoms with van der Waals surface area (Å²) in [4.78, 5) is 41.7. The normalized spacial score (nSPS) is 42.3. The van der Waals surface area contributed by atoms with Crippen LogP contribution in [0.4, 0.5) is 5.69 Å². The summed E-state index contributed by atoms with van der Waals surface area (Å²) < 4.78 is 31.8. The molecule has 0 aliphatic carbocycles. The molecular weight excluding hydrogens is 833 g/mol. The number of aliphatic hydroxyl groups excluding tert-OH is 3. The van der Waals surface area contributed by atoms with E-state index in [0.717, 1.165) is 0 Å². The van der Waals surface area contributed by atoms with E-state index < -0.39 is 119 Å². The third kappa shape index (κ3) is 12.2. The Morgan fingerprint density at radius 3 is 2.22 bits per heavy atom. The van der Waals surface area contributed by atoms with Crippen LogP contribution in [-0.2, 0) is 28.5 Å². The number of hydrogen-bond acceptors (Lipinski definition) is 16. The van der Waals surface area contributed by atoms with Gasteiger partial charge in [0.2, 0.25) is 0 Å². The largest absolute Gasteiger partial charge is 0.459 e. The van der Waals surface area contributed by atoms with Crippen molar-refractivity contribution in [1.82, 2.24) is 15.1 Å². The summed E-state index contributed by atoms with van der Waals surface area (Å²) in [5, 5.41) is 73.5. The SMILES string of the molecule is CC[C@H]1OC(=O)[C@H](C)[C@@H](C2C[C@@](C)(OC)[C@@H](O)[C@H](C)O2)[C@H](C)[C@@H](O[C@@H]2O[C@H](C)C[C@H](N(C)CCNC(=O)c3ccc([N+](=O)[O-])cc3)[C@H]2O)[C@](C)(O)C[C@@H](C)CN(C)[C@H](C)[C@@H](O)[C@]1(C)O. The molecule has 366 valence electrons. The van der Waals surface area contributed by atoms with Crippen molar-refractivity contribution in [2.75, 3.05) is 40.8 Å². The van der Waals surface area contributed by atoms with Gasteiger partial charge in [0.1, 0.15) is 30.0 Å². The van der Waals surface area contributed by atoms with E-state index in [1.807, 2.05) is 44.7 Å². The van der Waals surface area contributed by atoms with Gasteiger partial charge < -0.3 is 59.4 Å². The number of nitrogens with zero attached hydrogens (tertiary/aromatic N) is 3. The quantitative estimate of drug-likeness (QED) is 0.106. The Labute approximate surface area is 379 Å². The van der Waals surface area contributed by atoms with Crippen LogP contribution < -0.4 is 5.32 Å². The lowest BCUT2D eigenvalue weighted by molar-refractivity contribution is -0.384. The number of nitro benzene ring substituents is 1. The first-order valence-corrected chi connectivity index (χ1v) is 22.8. The lowest BCUT2D eigenvalue weighted by Gasteiger charge is -2.51. The van der Waals surface area contributed by atoms with E-state index in [-0.39, 0.29) is 43.0 Å². The predicted octanol–water partition coefficient (Wildman–Crippen LogP) is 2.88. The van der Waals surface area contributed by atoms with Crippen molar-refractivity contribution in [2.24, 2.45) is 23.7 Å². The van der Waals surface area contributed by atoms with E-state index in [0.29, 0.717) is 19.5 Å². The maximum Gasteiger partial charge on any atom is 0.309 e. The smallest absolute Gasteiger partial charge is 0.309 e. The van der Waals surface area contributed by atoms with Gasteiger partial charge in [-0.1, -0.05) is 27.7 Å². The molecule has 3 heterocycles. The number of carbonyl (C=O) groups excluding carboxylic acids is 2. The maximum atomic E-state index is 14.5. The highest BCUT2D eigenvalue weighted by molar-refractivity contribution is 5.94. The van der Waals surface area contributed by atoms with Crippen LogP contribution in [0.25, 0.3) is 0 Å². The molecule has 64 heavy (non-hydrogen) atoms. The van der Waals surface area contributed by atoms with E-state index in [1.54, 1.807) is 41.5 Å². The standard InChI is InChI=1S/C46H78N4O14/c1-14-35-46(10,57)38(52)29(6)49(12)24-25(2)22-44(8,56)40(27(4)36(28(5)42(55)63-35)34-23-45(9,60-13)39(53)30(7)62-34)64-43-37(51)33(21-26(3)61-43)48(11)20-19-47-41(54)31-15-17-32(18-16-31)50(58)59/h15-18,25-30,33-40,43,51-53,56-57H,14,19-24H2,1-13H3,(H,47,54)/t25-,26-,27+,28-,29-,30+,33+,34?,35-,36+,37-,38-,39+,40-,43+,44-,45-,46-/m1/s1. The number of hydrogen-bond donors (Lipinski definition) is 6. The Kier molecular flexibility index (Phi) is 18.3. The summed E-state index contributed by atoms with van der Waals surface area (Å²) in [5.74, 6) is -3.70. The van der Waals surface area contributed by atoms with E-state index >= 15 is 0 Å². The first-order chi connectivity index (χ1) is 29.7. The summed E-state index contributed by atoms with van der Waals surface area (Å²) >= 11 is 0. The molecular formula is C46H78N4O14. The van der Waals surface area contributed by atoms with E-state index in [1.165, 1.54) is 38.3 Å². The molecule has 0 saturated carbocycles. The van der Waals surface area contributed by atoms with E-state index in [2.05, 4.69) is 5.32 Å². The zero-order chi connectivity index (χ0) is 48.2. The number of likely N-dealkylation sites (N-methyl/N-ethyl adjacent to an activating group) is 2. The number of aliphatic hydroxyl groups is 5. The van der Waals surface area contributed by atoms with E-state index in [9.17, 15) is 45.2 Å². The maximum absolute atomic E-state index is 14.5. The van der Waals surface area contributed by atoms with Crippen LogP contribution in [-0.4, -0.2) is 177 Å². The van der Waals surface area contributed by atoms with Crippen molar-refractivity contribution in [3.05, 3.63) is 39.9 Å². The molecule has 6 N–H and O–H groups in total. The van der Waals surface area contributed by atoms with Crippen molar-refractivity contribution in [3.63, 3.8) is 0 Å². The van der Waals surface area contributed by atoms with Crippen molar-refractivity contribution in [2.45, 2.75) is 179 Å². The molecule has 0 aromatic heterocycles. The lowest BCUT2D eigenvalue weighted by Crippen LogP contribution is -2.62. The Bertz CT molecular complexity index is 1700. The number of non-ortho nitro benzene ring substituents is 1. The van der Waals surface area contributed by atoms with Gasteiger partial charge in [-0.2, -0.15) is 0 Å². The summed E-state index contributed by atoms with van der Waals surface area (Å²) in [5.41, 5.74) is -4.39. The summed E-state index contributed by atoms with van der Waals surface area (Å²) in [6.07, 6.45) is -7.89. The number of cyclic esters (lactones) is 1. The molecule has 18 heteroatoms. The number of methoxy groups -OCH3 is 1. The monoisotopic (exact) mass is 911 g/mol. The van der Waals surface area contributed by atoms with Crippen LogP contribution in [0.1, 0.15) is 105 Å². The molecule has 18 nitrogen and oxygen atoms in total. The summed E-state index contributed by atoms with van der Waals surface area (Å²) in [6.45, 7) is 18.5. The van der Waals surface area contributed by atoms with Gasteiger partial charge >= 0.3 is 5.97 Å². The minimum Gasteiger partial charge on any atom is -0.459 e. The Hall–Kier alpha value is -2.88. The number of nitrogens with one attached hydrogen (secondary N) is 1. The number of carbonyl (C=O) groups is 2. The molecule has 3 fully saturated rings. The molecule has 0 spiro atoms. The first kappa shape index (κ1) is 53.7. The minimum atomic E-state index is -1.83. The lowest BCUT2D eigenvalue weighted by atomic mass is 9.68. The van der Waals surface area contributed by atoms with Gasteiger partial charge in [-0.25, -0.2) is 0 Å². The number of benzene rings is 1. The second kappa shape index (κ2) is 21.8. The molecule has 4 rings (SSSR count). The molecule has 0 bridgehead atoms.